The lowest BCUT2D eigenvalue weighted by molar-refractivity contribution is 0.0524. The van der Waals surface area contributed by atoms with Crippen molar-refractivity contribution >= 4 is 36.5 Å². The molecule has 2 heterocycles. The van der Waals surface area contributed by atoms with Gasteiger partial charge in [0, 0.05) is 27.6 Å². The minimum Gasteiger partial charge on any atom is -0.494 e. The fourth-order valence-corrected chi connectivity index (χ4v) is 7.80. The number of pyridine rings is 1. The lowest BCUT2D eigenvalue weighted by Crippen LogP contribution is -2.42. The van der Waals surface area contributed by atoms with Crippen LogP contribution >= 0.6 is 11.3 Å². The summed E-state index contributed by atoms with van der Waals surface area (Å²) < 4.78 is 20.2. The van der Waals surface area contributed by atoms with Crippen molar-refractivity contribution in [1.29, 1.82) is 0 Å². The Balaban J connectivity index is 1.63. The SMILES string of the molecule is CCOC(=O)c1cn(C2CC2)c2c(OC)c(-c3cc4c(s3)C(O[Si](C)(C)C(C)(C)C)CCC4)ccc2c1=O. The van der Waals surface area contributed by atoms with Crippen molar-refractivity contribution in [1.82, 2.24) is 4.57 Å². The Bertz CT molecular complexity index is 1440. The van der Waals surface area contributed by atoms with Gasteiger partial charge < -0.3 is 18.5 Å². The summed E-state index contributed by atoms with van der Waals surface area (Å²) in [5.41, 5.74) is 2.86. The van der Waals surface area contributed by atoms with Crippen LogP contribution in [-0.4, -0.2) is 32.6 Å². The smallest absolute Gasteiger partial charge is 0.343 e. The summed E-state index contributed by atoms with van der Waals surface area (Å²) in [4.78, 5) is 28.4. The van der Waals surface area contributed by atoms with Crippen LogP contribution in [0.5, 0.6) is 5.75 Å². The molecule has 0 amide bonds. The first kappa shape index (κ1) is 27.2. The number of carbonyl (C=O) groups excluding carboxylic acids is 1. The van der Waals surface area contributed by atoms with Gasteiger partial charge in [-0.2, -0.15) is 0 Å². The second kappa shape index (κ2) is 9.95. The number of hydrogen-bond acceptors (Lipinski definition) is 6. The molecule has 1 fully saturated rings. The Morgan fingerprint density at radius 3 is 2.55 bits per heavy atom. The summed E-state index contributed by atoms with van der Waals surface area (Å²) in [6.45, 7) is 13.5. The number of methoxy groups -OCH3 is 1. The highest BCUT2D eigenvalue weighted by molar-refractivity contribution is 7.15. The van der Waals surface area contributed by atoms with Gasteiger partial charge in [-0.25, -0.2) is 4.79 Å². The molecule has 204 valence electrons. The molecule has 5 rings (SSSR count). The van der Waals surface area contributed by atoms with E-state index in [0.717, 1.165) is 48.1 Å². The van der Waals surface area contributed by atoms with Crippen molar-refractivity contribution in [2.45, 2.75) is 90.1 Å². The van der Waals surface area contributed by atoms with Crippen LogP contribution in [-0.2, 0) is 15.6 Å². The van der Waals surface area contributed by atoms with Crippen molar-refractivity contribution in [3.8, 4) is 16.2 Å². The molecule has 0 spiro atoms. The van der Waals surface area contributed by atoms with Crippen LogP contribution in [0.25, 0.3) is 21.3 Å². The Morgan fingerprint density at radius 2 is 1.92 bits per heavy atom. The number of thiophene rings is 1. The van der Waals surface area contributed by atoms with Crippen molar-refractivity contribution < 1.29 is 18.7 Å². The summed E-state index contributed by atoms with van der Waals surface area (Å²) in [5, 5.41) is 0.643. The lowest BCUT2D eigenvalue weighted by atomic mass is 9.96. The Morgan fingerprint density at radius 1 is 1.18 bits per heavy atom. The third-order valence-corrected chi connectivity index (χ3v) is 14.1. The molecule has 2 aliphatic carbocycles. The molecule has 0 aliphatic heterocycles. The van der Waals surface area contributed by atoms with Gasteiger partial charge in [0.25, 0.3) is 0 Å². The number of aromatic nitrogens is 1. The molecule has 0 bridgehead atoms. The first-order valence-corrected chi connectivity index (χ1v) is 17.4. The molecular weight excluding hydrogens is 514 g/mol. The number of fused-ring (bicyclic) bond motifs is 2. The van der Waals surface area contributed by atoms with Gasteiger partial charge in [-0.1, -0.05) is 20.8 Å². The molecule has 1 saturated carbocycles. The van der Waals surface area contributed by atoms with E-state index < -0.39 is 14.3 Å². The average Bonchev–Trinajstić information content (AvgIpc) is 3.60. The highest BCUT2D eigenvalue weighted by Crippen LogP contribution is 2.49. The summed E-state index contributed by atoms with van der Waals surface area (Å²) >= 11 is 1.79. The molecule has 1 aromatic carbocycles. The van der Waals surface area contributed by atoms with Crippen molar-refractivity contribution in [3.63, 3.8) is 0 Å². The largest absolute Gasteiger partial charge is 0.494 e. The molecule has 1 atom stereocenters. The first-order chi connectivity index (χ1) is 18.0. The van der Waals surface area contributed by atoms with Gasteiger partial charge in [-0.05, 0) is 80.9 Å². The Hall–Kier alpha value is -2.42. The van der Waals surface area contributed by atoms with E-state index in [1.807, 2.05) is 12.1 Å². The molecular formula is C30H39NO5SSi. The number of nitrogens with zero attached hydrogens (tertiary/aromatic N) is 1. The van der Waals surface area contributed by atoms with E-state index in [9.17, 15) is 9.59 Å². The third kappa shape index (κ3) is 4.75. The van der Waals surface area contributed by atoms with Gasteiger partial charge in [-0.15, -0.1) is 11.3 Å². The van der Waals surface area contributed by atoms with Crippen molar-refractivity contribution in [3.05, 3.63) is 50.6 Å². The zero-order chi connectivity index (χ0) is 27.4. The number of esters is 1. The van der Waals surface area contributed by atoms with E-state index in [-0.39, 0.29) is 34.8 Å². The van der Waals surface area contributed by atoms with Gasteiger partial charge >= 0.3 is 5.97 Å². The fraction of sp³-hybridized carbons (Fsp3) is 0.533. The van der Waals surface area contributed by atoms with Crippen LogP contribution < -0.4 is 10.2 Å². The van der Waals surface area contributed by atoms with Gasteiger partial charge in [0.2, 0.25) is 5.43 Å². The number of rotatable bonds is 7. The Kier molecular flexibility index (Phi) is 7.11. The number of aryl methyl sites for hydroxylation is 1. The number of ether oxygens (including phenoxy) is 2. The third-order valence-electron chi connectivity index (χ3n) is 8.34. The van der Waals surface area contributed by atoms with E-state index in [0.29, 0.717) is 11.1 Å². The quantitative estimate of drug-likeness (QED) is 0.222. The summed E-state index contributed by atoms with van der Waals surface area (Å²) in [6.07, 6.45) is 7.04. The van der Waals surface area contributed by atoms with E-state index >= 15 is 0 Å². The fourth-order valence-electron chi connectivity index (χ4n) is 5.11. The molecule has 1 unspecified atom stereocenters. The first-order valence-electron chi connectivity index (χ1n) is 13.7. The summed E-state index contributed by atoms with van der Waals surface area (Å²) in [7, 11) is -0.256. The minimum atomic E-state index is -1.92. The normalized spacial score (nSPS) is 17.9. The highest BCUT2D eigenvalue weighted by Gasteiger charge is 2.41. The highest BCUT2D eigenvalue weighted by atomic mass is 32.1. The van der Waals surface area contributed by atoms with Crippen LogP contribution in [0, 0.1) is 0 Å². The molecule has 0 radical (unpaired) electrons. The second-order valence-electron chi connectivity index (χ2n) is 12.0. The van der Waals surface area contributed by atoms with Crippen LogP contribution in [0.1, 0.15) is 86.3 Å². The summed E-state index contributed by atoms with van der Waals surface area (Å²) in [6, 6.07) is 6.35. The maximum absolute atomic E-state index is 13.4. The van der Waals surface area contributed by atoms with Crippen molar-refractivity contribution in [2.24, 2.45) is 0 Å². The van der Waals surface area contributed by atoms with E-state index in [1.54, 1.807) is 31.6 Å². The molecule has 0 N–H and O–H groups in total. The van der Waals surface area contributed by atoms with Gasteiger partial charge in [0.15, 0.2) is 14.1 Å². The van der Waals surface area contributed by atoms with Gasteiger partial charge in [0.1, 0.15) is 5.56 Å². The molecule has 3 aromatic rings. The molecule has 6 nitrogen and oxygen atoms in total. The van der Waals surface area contributed by atoms with Gasteiger partial charge in [0.05, 0.1) is 30.7 Å². The molecule has 2 aliphatic rings. The number of benzene rings is 1. The average molecular weight is 554 g/mol. The Labute approximate surface area is 230 Å². The van der Waals surface area contributed by atoms with Crippen LogP contribution in [0.15, 0.2) is 29.2 Å². The van der Waals surface area contributed by atoms with Crippen molar-refractivity contribution in [2.75, 3.05) is 13.7 Å². The van der Waals surface area contributed by atoms with Crippen LogP contribution in [0.3, 0.4) is 0 Å². The monoisotopic (exact) mass is 553 g/mol. The maximum Gasteiger partial charge on any atom is 0.343 e. The summed E-state index contributed by atoms with van der Waals surface area (Å²) in [5.74, 6) is 0.109. The topological polar surface area (TPSA) is 66.8 Å². The predicted octanol–water partition coefficient (Wildman–Crippen LogP) is 7.65. The molecule has 2 aromatic heterocycles. The predicted molar refractivity (Wildman–Crippen MR) is 156 cm³/mol. The maximum atomic E-state index is 13.4. The van der Waals surface area contributed by atoms with Crippen LogP contribution in [0.4, 0.5) is 0 Å². The van der Waals surface area contributed by atoms with E-state index in [1.165, 1.54) is 10.4 Å². The molecule has 0 saturated heterocycles. The number of hydrogen-bond donors (Lipinski definition) is 0. The lowest BCUT2D eigenvalue weighted by Gasteiger charge is -2.40. The van der Waals surface area contributed by atoms with Gasteiger partial charge in [-0.3, -0.25) is 4.79 Å². The minimum absolute atomic E-state index is 0.0817. The standard InChI is InChI=1S/C30H39NO5SSi/c1-8-35-29(33)22-17-31(19-12-13-19)25-21(26(22)32)15-14-20(27(25)34-5)24-16-18-10-9-11-23(28(18)37-24)36-38(6,7)30(2,3)4/h14-17,19,23H,8-13H2,1-7H3. The zero-order valence-corrected chi connectivity index (χ0v) is 25.4. The van der Waals surface area contributed by atoms with E-state index in [2.05, 4.69) is 44.5 Å². The van der Waals surface area contributed by atoms with Crippen LogP contribution in [0.2, 0.25) is 18.1 Å². The van der Waals surface area contributed by atoms with E-state index in [4.69, 9.17) is 13.9 Å². The molecule has 8 heteroatoms. The second-order valence-corrected chi connectivity index (χ2v) is 17.9. The molecule has 38 heavy (non-hydrogen) atoms. The number of carbonyl (C=O) groups is 1. The zero-order valence-electron chi connectivity index (χ0n) is 23.6.